The molecule has 1 amide bonds. The van der Waals surface area contributed by atoms with Crippen LogP contribution in [0.3, 0.4) is 0 Å². The molecule has 1 N–H and O–H groups in total. The molecular weight excluding hydrogens is 360 g/mol. The van der Waals surface area contributed by atoms with Gasteiger partial charge in [0, 0.05) is 17.1 Å². The summed E-state index contributed by atoms with van der Waals surface area (Å²) >= 11 is 1.51. The zero-order valence-electron chi connectivity index (χ0n) is 14.5. The maximum Gasteiger partial charge on any atom is 0.254 e. The number of hydrogen-bond acceptors (Lipinski definition) is 5. The molecule has 0 bridgehead atoms. The molecule has 0 fully saturated rings. The van der Waals surface area contributed by atoms with E-state index < -0.39 is 0 Å². The van der Waals surface area contributed by atoms with Gasteiger partial charge in [0.1, 0.15) is 6.54 Å². The average Bonchev–Trinajstić information content (AvgIpc) is 3.18. The van der Waals surface area contributed by atoms with Gasteiger partial charge < -0.3 is 5.32 Å². The minimum atomic E-state index is -0.296. The van der Waals surface area contributed by atoms with Crippen LogP contribution in [0.1, 0.15) is 5.69 Å². The molecule has 0 aliphatic rings. The second kappa shape index (κ2) is 7.13. The molecule has 0 spiro atoms. The van der Waals surface area contributed by atoms with Gasteiger partial charge in [-0.05, 0) is 42.6 Å². The summed E-state index contributed by atoms with van der Waals surface area (Å²) in [7, 11) is 0. The molecule has 4 aromatic rings. The van der Waals surface area contributed by atoms with E-state index in [2.05, 4.69) is 15.3 Å². The molecule has 4 rings (SSSR count). The average molecular weight is 376 g/mol. The summed E-state index contributed by atoms with van der Waals surface area (Å²) in [5, 5.41) is 5.64. The summed E-state index contributed by atoms with van der Waals surface area (Å²) in [6, 6.07) is 14.6. The number of pyridine rings is 1. The van der Waals surface area contributed by atoms with Gasteiger partial charge >= 0.3 is 0 Å². The number of aryl methyl sites for hydroxylation is 1. The van der Waals surface area contributed by atoms with Gasteiger partial charge in [0.25, 0.3) is 5.56 Å². The molecular formula is C20H16N4O2S. The van der Waals surface area contributed by atoms with Gasteiger partial charge in [-0.15, -0.1) is 11.3 Å². The number of benzene rings is 1. The number of hydrogen-bond donors (Lipinski definition) is 1. The first kappa shape index (κ1) is 17.1. The van der Waals surface area contributed by atoms with Gasteiger partial charge in [0.15, 0.2) is 0 Å². The van der Waals surface area contributed by atoms with E-state index in [1.54, 1.807) is 0 Å². The highest BCUT2D eigenvalue weighted by molar-refractivity contribution is 7.13. The Morgan fingerprint density at radius 1 is 1.19 bits per heavy atom. The minimum Gasteiger partial charge on any atom is -0.324 e. The van der Waals surface area contributed by atoms with E-state index in [1.165, 1.54) is 28.3 Å². The van der Waals surface area contributed by atoms with Gasteiger partial charge in [-0.1, -0.05) is 12.1 Å². The summed E-state index contributed by atoms with van der Waals surface area (Å²) in [5.41, 5.74) is 2.74. The van der Waals surface area contributed by atoms with E-state index in [1.807, 2.05) is 54.8 Å². The number of nitrogens with one attached hydrogen (secondary N) is 1. The zero-order chi connectivity index (χ0) is 18.8. The highest BCUT2D eigenvalue weighted by Crippen LogP contribution is 2.22. The molecule has 0 aliphatic carbocycles. The molecule has 27 heavy (non-hydrogen) atoms. The summed E-state index contributed by atoms with van der Waals surface area (Å²) in [5.74, 6) is -0.296. The standard InChI is InChI=1S/C20H16N4O2S/c1-13-7-8-14-15(22-13)4-2-5-16(14)23-19(25)11-24-12-21-17(10-20(24)26)18-6-3-9-27-18/h2-10,12H,11H2,1H3,(H,23,25). The molecule has 0 aliphatic heterocycles. The fourth-order valence-electron chi connectivity index (χ4n) is 2.81. The third-order valence-corrected chi connectivity index (χ3v) is 5.00. The van der Waals surface area contributed by atoms with Gasteiger partial charge in [-0.25, -0.2) is 4.98 Å². The number of thiophene rings is 1. The van der Waals surface area contributed by atoms with E-state index >= 15 is 0 Å². The molecule has 3 heterocycles. The van der Waals surface area contributed by atoms with Crippen LogP contribution in [0.5, 0.6) is 0 Å². The van der Waals surface area contributed by atoms with Crippen molar-refractivity contribution in [2.45, 2.75) is 13.5 Å². The van der Waals surface area contributed by atoms with Crippen molar-refractivity contribution in [1.29, 1.82) is 0 Å². The van der Waals surface area contributed by atoms with Crippen LogP contribution in [0.25, 0.3) is 21.5 Å². The second-order valence-corrected chi connectivity index (χ2v) is 7.04. The van der Waals surface area contributed by atoms with Crippen molar-refractivity contribution < 1.29 is 4.79 Å². The van der Waals surface area contributed by atoms with Crippen LogP contribution >= 0.6 is 11.3 Å². The van der Waals surface area contributed by atoms with Crippen molar-refractivity contribution in [3.05, 3.63) is 76.3 Å². The first-order valence-electron chi connectivity index (χ1n) is 8.37. The van der Waals surface area contributed by atoms with Gasteiger partial charge in [0.2, 0.25) is 5.91 Å². The second-order valence-electron chi connectivity index (χ2n) is 6.09. The highest BCUT2D eigenvalue weighted by atomic mass is 32.1. The molecule has 0 saturated carbocycles. The molecule has 0 atom stereocenters. The maximum atomic E-state index is 12.4. The fourth-order valence-corrected chi connectivity index (χ4v) is 3.51. The predicted molar refractivity (Wildman–Crippen MR) is 107 cm³/mol. The Bertz CT molecular complexity index is 1180. The van der Waals surface area contributed by atoms with Crippen LogP contribution in [0, 0.1) is 6.92 Å². The Balaban J connectivity index is 1.54. The van der Waals surface area contributed by atoms with Crippen LogP contribution in [-0.2, 0) is 11.3 Å². The summed E-state index contributed by atoms with van der Waals surface area (Å²) < 4.78 is 1.29. The summed E-state index contributed by atoms with van der Waals surface area (Å²) in [4.78, 5) is 34.4. The molecule has 0 unspecified atom stereocenters. The van der Waals surface area contributed by atoms with Gasteiger partial charge in [0.05, 0.1) is 28.1 Å². The molecule has 1 aromatic carbocycles. The smallest absolute Gasteiger partial charge is 0.254 e. The Labute approximate surface area is 159 Å². The third kappa shape index (κ3) is 3.63. The number of fused-ring (bicyclic) bond motifs is 1. The van der Waals surface area contributed by atoms with Gasteiger partial charge in [-0.3, -0.25) is 19.1 Å². The van der Waals surface area contributed by atoms with E-state index in [9.17, 15) is 9.59 Å². The summed E-state index contributed by atoms with van der Waals surface area (Å²) in [6.07, 6.45) is 1.41. The lowest BCUT2D eigenvalue weighted by Gasteiger charge is -2.10. The third-order valence-electron chi connectivity index (χ3n) is 4.11. The number of nitrogens with zero attached hydrogens (tertiary/aromatic N) is 3. The van der Waals surface area contributed by atoms with E-state index in [0.29, 0.717) is 11.4 Å². The lowest BCUT2D eigenvalue weighted by atomic mass is 10.1. The quantitative estimate of drug-likeness (QED) is 0.592. The lowest BCUT2D eigenvalue weighted by Crippen LogP contribution is -2.27. The number of anilines is 1. The molecule has 7 heteroatoms. The van der Waals surface area contributed by atoms with Crippen molar-refractivity contribution in [2.75, 3.05) is 5.32 Å². The highest BCUT2D eigenvalue weighted by Gasteiger charge is 2.10. The Kier molecular flexibility index (Phi) is 4.52. The van der Waals surface area contributed by atoms with Crippen molar-refractivity contribution in [3.8, 4) is 10.6 Å². The molecule has 0 radical (unpaired) electrons. The molecule has 134 valence electrons. The first-order chi connectivity index (χ1) is 13.1. The topological polar surface area (TPSA) is 76.9 Å². The minimum absolute atomic E-state index is 0.105. The SMILES string of the molecule is Cc1ccc2c(NC(=O)Cn3cnc(-c4cccs4)cc3=O)cccc2n1. The van der Waals surface area contributed by atoms with Crippen LogP contribution in [0.4, 0.5) is 5.69 Å². The molecule has 0 saturated heterocycles. The van der Waals surface area contributed by atoms with Gasteiger partial charge in [-0.2, -0.15) is 0 Å². The van der Waals surface area contributed by atoms with Crippen molar-refractivity contribution >= 4 is 33.8 Å². The molecule has 6 nitrogen and oxygen atoms in total. The van der Waals surface area contributed by atoms with Crippen molar-refractivity contribution in [3.63, 3.8) is 0 Å². The number of carbonyl (C=O) groups is 1. The fraction of sp³-hybridized carbons (Fsp3) is 0.100. The summed E-state index contributed by atoms with van der Waals surface area (Å²) in [6.45, 7) is 1.82. The Morgan fingerprint density at radius 3 is 2.85 bits per heavy atom. The van der Waals surface area contributed by atoms with Crippen LogP contribution in [0.15, 0.2) is 65.0 Å². The normalized spacial score (nSPS) is 10.9. The Morgan fingerprint density at radius 2 is 2.07 bits per heavy atom. The number of aromatic nitrogens is 3. The lowest BCUT2D eigenvalue weighted by molar-refractivity contribution is -0.116. The maximum absolute atomic E-state index is 12.4. The number of amides is 1. The predicted octanol–water partition coefficient (Wildman–Crippen LogP) is 3.47. The number of carbonyl (C=O) groups excluding carboxylic acids is 1. The zero-order valence-corrected chi connectivity index (χ0v) is 15.4. The van der Waals surface area contributed by atoms with Crippen molar-refractivity contribution in [1.82, 2.24) is 14.5 Å². The van der Waals surface area contributed by atoms with E-state index in [4.69, 9.17) is 0 Å². The van der Waals surface area contributed by atoms with Crippen LogP contribution in [-0.4, -0.2) is 20.4 Å². The number of rotatable bonds is 4. The van der Waals surface area contributed by atoms with Crippen LogP contribution < -0.4 is 10.9 Å². The van der Waals surface area contributed by atoms with E-state index in [-0.39, 0.29) is 18.0 Å². The largest absolute Gasteiger partial charge is 0.324 e. The first-order valence-corrected chi connectivity index (χ1v) is 9.25. The monoisotopic (exact) mass is 376 g/mol. The van der Waals surface area contributed by atoms with E-state index in [0.717, 1.165) is 21.5 Å². The molecule has 3 aromatic heterocycles. The van der Waals surface area contributed by atoms with Crippen LogP contribution in [0.2, 0.25) is 0 Å². The van der Waals surface area contributed by atoms with Crippen molar-refractivity contribution in [2.24, 2.45) is 0 Å². The Hall–Kier alpha value is -3.32.